The van der Waals surface area contributed by atoms with Crippen molar-refractivity contribution in [2.45, 2.75) is 46.0 Å². The van der Waals surface area contributed by atoms with Gasteiger partial charge in [-0.2, -0.15) is 0 Å². The Morgan fingerprint density at radius 2 is 1.91 bits per heavy atom. The first-order valence-corrected chi connectivity index (χ1v) is 5.04. The fourth-order valence-electron chi connectivity index (χ4n) is 2.05. The molecule has 0 atom stereocenters. The summed E-state index contributed by atoms with van der Waals surface area (Å²) in [6.45, 7) is 7.15. The van der Waals surface area contributed by atoms with Crippen molar-refractivity contribution < 1.29 is 0 Å². The minimum atomic E-state index is 0.635. The molecule has 0 unspecified atom stereocenters. The lowest BCUT2D eigenvalue weighted by Gasteiger charge is -2.29. The summed E-state index contributed by atoms with van der Waals surface area (Å²) in [7, 11) is 0. The zero-order valence-electron chi connectivity index (χ0n) is 7.95. The molecule has 1 saturated heterocycles. The highest BCUT2D eigenvalue weighted by Crippen LogP contribution is 2.32. The van der Waals surface area contributed by atoms with E-state index in [-0.39, 0.29) is 0 Å². The first kappa shape index (κ1) is 9.05. The van der Waals surface area contributed by atoms with Gasteiger partial charge in [-0.15, -0.1) is 0 Å². The molecule has 0 bridgehead atoms. The Balaban J connectivity index is 2.49. The highest BCUT2D eigenvalue weighted by Gasteiger charge is 2.26. The van der Waals surface area contributed by atoms with Gasteiger partial charge < -0.3 is 5.32 Å². The predicted octanol–water partition coefficient (Wildman–Crippen LogP) is 2.57. The van der Waals surface area contributed by atoms with Gasteiger partial charge >= 0.3 is 0 Å². The van der Waals surface area contributed by atoms with Gasteiger partial charge in [0.1, 0.15) is 0 Å². The Morgan fingerprint density at radius 3 is 2.55 bits per heavy atom. The fourth-order valence-corrected chi connectivity index (χ4v) is 2.05. The molecule has 0 amide bonds. The molecule has 0 radical (unpaired) electrons. The van der Waals surface area contributed by atoms with E-state index in [0.29, 0.717) is 5.41 Å². The van der Waals surface area contributed by atoms with E-state index in [9.17, 15) is 0 Å². The second-order valence-corrected chi connectivity index (χ2v) is 3.84. The van der Waals surface area contributed by atoms with E-state index < -0.39 is 0 Å². The van der Waals surface area contributed by atoms with Gasteiger partial charge in [-0.1, -0.05) is 20.3 Å². The average molecular weight is 155 g/mol. The Kier molecular flexibility index (Phi) is 3.38. The molecule has 1 aliphatic rings. The van der Waals surface area contributed by atoms with E-state index in [0.717, 1.165) is 0 Å². The summed E-state index contributed by atoms with van der Waals surface area (Å²) in [5.74, 6) is 0. The maximum absolute atomic E-state index is 3.54. The van der Waals surface area contributed by atoms with Crippen LogP contribution in [0.5, 0.6) is 0 Å². The van der Waals surface area contributed by atoms with E-state index in [1.165, 1.54) is 45.2 Å². The molecular weight excluding hydrogens is 134 g/mol. The van der Waals surface area contributed by atoms with E-state index in [4.69, 9.17) is 0 Å². The third kappa shape index (κ3) is 2.19. The lowest BCUT2D eigenvalue weighted by atomic mass is 9.78. The minimum absolute atomic E-state index is 0.635. The molecule has 0 aromatic rings. The van der Waals surface area contributed by atoms with Crippen LogP contribution >= 0.6 is 0 Å². The predicted molar refractivity (Wildman–Crippen MR) is 49.7 cm³/mol. The quantitative estimate of drug-likeness (QED) is 0.646. The third-order valence-electron chi connectivity index (χ3n) is 3.31. The van der Waals surface area contributed by atoms with Crippen molar-refractivity contribution in [2.75, 3.05) is 13.1 Å². The van der Waals surface area contributed by atoms with Crippen LogP contribution in [0.25, 0.3) is 0 Å². The molecule has 11 heavy (non-hydrogen) atoms. The number of rotatable bonds is 2. The third-order valence-corrected chi connectivity index (χ3v) is 3.31. The van der Waals surface area contributed by atoms with Crippen molar-refractivity contribution >= 4 is 0 Å². The first-order chi connectivity index (χ1) is 5.33. The molecule has 1 heteroatoms. The zero-order valence-corrected chi connectivity index (χ0v) is 7.95. The lowest BCUT2D eigenvalue weighted by molar-refractivity contribution is 0.241. The molecule has 1 N–H and O–H groups in total. The van der Waals surface area contributed by atoms with Gasteiger partial charge in [-0.25, -0.2) is 0 Å². The monoisotopic (exact) mass is 155 g/mol. The Bertz CT molecular complexity index is 95.4. The molecule has 1 fully saturated rings. The summed E-state index contributed by atoms with van der Waals surface area (Å²) in [4.78, 5) is 0. The second-order valence-electron chi connectivity index (χ2n) is 3.84. The molecule has 1 nitrogen and oxygen atoms in total. The molecular formula is C10H21N. The molecule has 0 saturated carbocycles. The topological polar surface area (TPSA) is 12.0 Å². The van der Waals surface area contributed by atoms with Gasteiger partial charge in [0.05, 0.1) is 0 Å². The normalized spacial score (nSPS) is 24.5. The molecule has 0 aromatic heterocycles. The maximum atomic E-state index is 3.54. The average Bonchev–Trinajstić information content (AvgIpc) is 2.30. The highest BCUT2D eigenvalue weighted by molar-refractivity contribution is 4.81. The lowest BCUT2D eigenvalue weighted by Crippen LogP contribution is -2.31. The van der Waals surface area contributed by atoms with Gasteiger partial charge in [0, 0.05) is 6.54 Å². The summed E-state index contributed by atoms with van der Waals surface area (Å²) < 4.78 is 0. The minimum Gasteiger partial charge on any atom is -0.316 e. The van der Waals surface area contributed by atoms with Crippen LogP contribution in [0, 0.1) is 5.41 Å². The van der Waals surface area contributed by atoms with Crippen molar-refractivity contribution in [1.29, 1.82) is 0 Å². The Morgan fingerprint density at radius 1 is 1.18 bits per heavy atom. The largest absolute Gasteiger partial charge is 0.316 e. The molecule has 66 valence electrons. The van der Waals surface area contributed by atoms with Gasteiger partial charge in [0.2, 0.25) is 0 Å². The Labute approximate surface area is 70.6 Å². The second kappa shape index (κ2) is 4.10. The molecule has 0 spiro atoms. The van der Waals surface area contributed by atoms with Crippen molar-refractivity contribution in [2.24, 2.45) is 5.41 Å². The molecule has 0 aliphatic carbocycles. The summed E-state index contributed by atoms with van der Waals surface area (Å²) in [5, 5.41) is 3.54. The van der Waals surface area contributed by atoms with E-state index in [1.54, 1.807) is 0 Å². The van der Waals surface area contributed by atoms with E-state index in [2.05, 4.69) is 19.2 Å². The summed E-state index contributed by atoms with van der Waals surface area (Å²) in [6.07, 6.45) is 6.93. The van der Waals surface area contributed by atoms with Crippen LogP contribution in [-0.2, 0) is 0 Å². The molecule has 1 aliphatic heterocycles. The summed E-state index contributed by atoms with van der Waals surface area (Å²) in [6, 6.07) is 0. The number of nitrogens with one attached hydrogen (secondary N) is 1. The van der Waals surface area contributed by atoms with Crippen LogP contribution in [0.4, 0.5) is 0 Å². The van der Waals surface area contributed by atoms with Crippen LogP contribution in [0.3, 0.4) is 0 Å². The van der Waals surface area contributed by atoms with E-state index in [1.807, 2.05) is 0 Å². The number of hydrogen-bond donors (Lipinski definition) is 1. The van der Waals surface area contributed by atoms with Crippen molar-refractivity contribution in [3.8, 4) is 0 Å². The van der Waals surface area contributed by atoms with Gasteiger partial charge in [-0.3, -0.25) is 0 Å². The van der Waals surface area contributed by atoms with E-state index >= 15 is 0 Å². The van der Waals surface area contributed by atoms with Crippen LogP contribution in [0.2, 0.25) is 0 Å². The Hall–Kier alpha value is -0.0400. The molecule has 0 aromatic carbocycles. The summed E-state index contributed by atoms with van der Waals surface area (Å²) >= 11 is 0. The van der Waals surface area contributed by atoms with Crippen LogP contribution < -0.4 is 5.32 Å². The SMILES string of the molecule is CCC1(CC)CCCCNC1. The summed E-state index contributed by atoms with van der Waals surface area (Å²) in [5.41, 5.74) is 0.635. The van der Waals surface area contributed by atoms with Gasteiger partial charge in [0.15, 0.2) is 0 Å². The maximum Gasteiger partial charge on any atom is 0.000760 e. The van der Waals surface area contributed by atoms with Crippen molar-refractivity contribution in [3.05, 3.63) is 0 Å². The first-order valence-electron chi connectivity index (χ1n) is 5.04. The molecule has 1 rings (SSSR count). The van der Waals surface area contributed by atoms with Crippen LogP contribution in [0.15, 0.2) is 0 Å². The van der Waals surface area contributed by atoms with Crippen LogP contribution in [-0.4, -0.2) is 13.1 Å². The highest BCUT2D eigenvalue weighted by atomic mass is 14.9. The van der Waals surface area contributed by atoms with Crippen LogP contribution in [0.1, 0.15) is 46.0 Å². The zero-order chi connectivity index (χ0) is 8.16. The van der Waals surface area contributed by atoms with Crippen molar-refractivity contribution in [3.63, 3.8) is 0 Å². The smallest absolute Gasteiger partial charge is 0.000760 e. The molecule has 1 heterocycles. The van der Waals surface area contributed by atoms with Gasteiger partial charge in [-0.05, 0) is 37.6 Å². The van der Waals surface area contributed by atoms with Crippen molar-refractivity contribution in [1.82, 2.24) is 5.32 Å². The standard InChI is InChI=1S/C10H21N/c1-3-10(4-2)7-5-6-8-11-9-10/h11H,3-9H2,1-2H3. The number of hydrogen-bond acceptors (Lipinski definition) is 1. The van der Waals surface area contributed by atoms with Gasteiger partial charge in [0.25, 0.3) is 0 Å². The fraction of sp³-hybridized carbons (Fsp3) is 1.00.